The maximum Gasteiger partial charge on any atom is 1.00 e. The summed E-state index contributed by atoms with van der Waals surface area (Å²) in [6.45, 7) is 0. The molecule has 0 heterocycles. The molecule has 9 heavy (non-hydrogen) atoms. The second kappa shape index (κ2) is 4.71. The van der Waals surface area contributed by atoms with Crippen molar-refractivity contribution in [1.82, 2.24) is 0 Å². The van der Waals surface area contributed by atoms with Crippen LogP contribution in [0.5, 0.6) is 5.75 Å². The summed E-state index contributed by atoms with van der Waals surface area (Å²) in [5, 5.41) is 9.34. The molecule has 0 radical (unpaired) electrons. The van der Waals surface area contributed by atoms with Crippen LogP contribution in [0.15, 0.2) is 24.3 Å². The fraction of sp³-hybridized carbons (Fsp3) is 0. The SMILES string of the molecule is Oc1ccc(Cl)cc1.[H-].[K+]. The van der Waals surface area contributed by atoms with Crippen LogP contribution < -0.4 is 51.4 Å². The summed E-state index contributed by atoms with van der Waals surface area (Å²) in [7, 11) is 0. The number of halogens is 1. The van der Waals surface area contributed by atoms with Gasteiger partial charge in [-0.25, -0.2) is 0 Å². The summed E-state index contributed by atoms with van der Waals surface area (Å²) in [4.78, 5) is 0. The van der Waals surface area contributed by atoms with E-state index in [1.807, 2.05) is 0 Å². The molecule has 0 unspecified atom stereocenters. The third kappa shape index (κ3) is 3.60. The molecule has 1 aromatic rings. The molecule has 3 heteroatoms. The predicted octanol–water partition coefficient (Wildman–Crippen LogP) is -0.838. The Labute approximate surface area is 103 Å². The number of rotatable bonds is 0. The van der Waals surface area contributed by atoms with Crippen LogP contribution in [-0.2, 0) is 0 Å². The first-order valence-electron chi connectivity index (χ1n) is 2.23. The van der Waals surface area contributed by atoms with E-state index in [-0.39, 0.29) is 58.6 Å². The van der Waals surface area contributed by atoms with Crippen LogP contribution in [0.4, 0.5) is 0 Å². The molecule has 1 N–H and O–H groups in total. The van der Waals surface area contributed by atoms with E-state index in [9.17, 15) is 0 Å². The molecule has 0 aliphatic rings. The molecule has 44 valence electrons. The van der Waals surface area contributed by atoms with Crippen LogP contribution in [0.2, 0.25) is 5.02 Å². The van der Waals surface area contributed by atoms with Crippen molar-refractivity contribution in [2.24, 2.45) is 0 Å². The first kappa shape index (κ1) is 9.95. The average molecular weight is 169 g/mol. The van der Waals surface area contributed by atoms with Crippen LogP contribution in [0.1, 0.15) is 1.43 Å². The normalized spacial score (nSPS) is 8.11. The summed E-state index contributed by atoms with van der Waals surface area (Å²) >= 11 is 5.50. The van der Waals surface area contributed by atoms with E-state index in [0.717, 1.165) is 0 Å². The van der Waals surface area contributed by atoms with Gasteiger partial charge in [-0.3, -0.25) is 0 Å². The molecule has 0 aliphatic carbocycles. The molecule has 0 aliphatic heterocycles. The summed E-state index contributed by atoms with van der Waals surface area (Å²) < 4.78 is 0. The fourth-order valence-corrected chi connectivity index (χ4v) is 0.567. The van der Waals surface area contributed by atoms with Crippen molar-refractivity contribution in [1.29, 1.82) is 0 Å². The standard InChI is InChI=1S/C6H5ClO.K.H/c7-5-1-3-6(8)4-2-5;;/h1-4,8H;;/q;+1;-1. The van der Waals surface area contributed by atoms with E-state index in [4.69, 9.17) is 16.7 Å². The van der Waals surface area contributed by atoms with Gasteiger partial charge >= 0.3 is 51.4 Å². The third-order valence-corrected chi connectivity index (χ3v) is 1.08. The molecular formula is C6H6ClKO. The minimum Gasteiger partial charge on any atom is -1.00 e. The van der Waals surface area contributed by atoms with E-state index in [1.165, 1.54) is 0 Å². The monoisotopic (exact) mass is 168 g/mol. The number of aromatic hydroxyl groups is 1. The van der Waals surface area contributed by atoms with Gasteiger partial charge in [-0.15, -0.1) is 0 Å². The van der Waals surface area contributed by atoms with E-state index in [2.05, 4.69) is 0 Å². The van der Waals surface area contributed by atoms with E-state index < -0.39 is 0 Å². The molecule has 0 atom stereocenters. The zero-order chi connectivity index (χ0) is 5.98. The van der Waals surface area contributed by atoms with Crippen molar-refractivity contribution in [3.63, 3.8) is 0 Å². The Bertz CT molecular complexity index is 157. The number of phenols is 1. The Kier molecular flexibility index (Phi) is 5.21. The number of hydrogen-bond acceptors (Lipinski definition) is 1. The van der Waals surface area contributed by atoms with E-state index >= 15 is 0 Å². The summed E-state index contributed by atoms with van der Waals surface area (Å²) in [6, 6.07) is 6.36. The molecule has 1 rings (SSSR count). The molecule has 0 amide bonds. The number of hydrogen-bond donors (Lipinski definition) is 1. The quantitative estimate of drug-likeness (QED) is 0.501. The van der Waals surface area contributed by atoms with Crippen molar-refractivity contribution in [2.75, 3.05) is 0 Å². The minimum absolute atomic E-state index is 0. The number of phenolic OH excluding ortho intramolecular Hbond substituents is 1. The Morgan fingerprint density at radius 1 is 1.22 bits per heavy atom. The Hall–Kier alpha value is 0.946. The van der Waals surface area contributed by atoms with Crippen LogP contribution in [0.3, 0.4) is 0 Å². The summed E-state index contributed by atoms with van der Waals surface area (Å²) in [6.07, 6.45) is 0. The molecule has 0 aromatic heterocycles. The molecule has 0 saturated heterocycles. The maximum absolute atomic E-state index is 8.70. The van der Waals surface area contributed by atoms with Gasteiger partial charge < -0.3 is 6.53 Å². The summed E-state index contributed by atoms with van der Waals surface area (Å²) in [5.41, 5.74) is 0. The number of benzene rings is 1. The molecule has 1 aromatic carbocycles. The fourth-order valence-electron chi connectivity index (χ4n) is 0.441. The van der Waals surface area contributed by atoms with Crippen LogP contribution in [0, 0.1) is 0 Å². The van der Waals surface area contributed by atoms with Gasteiger partial charge in [0.15, 0.2) is 0 Å². The van der Waals surface area contributed by atoms with Gasteiger partial charge in [0, 0.05) is 5.02 Å². The van der Waals surface area contributed by atoms with Crippen LogP contribution >= 0.6 is 11.6 Å². The molecule has 0 spiro atoms. The Balaban J connectivity index is 0. The van der Waals surface area contributed by atoms with Crippen molar-refractivity contribution in [2.45, 2.75) is 0 Å². The topological polar surface area (TPSA) is 20.2 Å². The first-order valence-corrected chi connectivity index (χ1v) is 2.61. The van der Waals surface area contributed by atoms with Gasteiger partial charge in [0.05, 0.1) is 0 Å². The van der Waals surface area contributed by atoms with Crippen LogP contribution in [-0.4, -0.2) is 5.11 Å². The summed E-state index contributed by atoms with van der Waals surface area (Å²) in [5.74, 6) is 0.245. The van der Waals surface area contributed by atoms with Gasteiger partial charge in [-0.05, 0) is 24.3 Å². The van der Waals surface area contributed by atoms with Gasteiger partial charge in [-0.2, -0.15) is 0 Å². The van der Waals surface area contributed by atoms with Gasteiger partial charge in [-0.1, -0.05) is 11.6 Å². The van der Waals surface area contributed by atoms with Gasteiger partial charge in [0.25, 0.3) is 0 Å². The molecule has 0 bridgehead atoms. The third-order valence-electron chi connectivity index (χ3n) is 0.827. The van der Waals surface area contributed by atoms with Crippen molar-refractivity contribution in [3.05, 3.63) is 29.3 Å². The predicted molar refractivity (Wildman–Crippen MR) is 34.2 cm³/mol. The van der Waals surface area contributed by atoms with Crippen molar-refractivity contribution < 1.29 is 57.9 Å². The Morgan fingerprint density at radius 2 is 1.67 bits per heavy atom. The van der Waals surface area contributed by atoms with Crippen molar-refractivity contribution >= 4 is 11.6 Å². The molecule has 1 nitrogen and oxygen atoms in total. The van der Waals surface area contributed by atoms with E-state index in [1.54, 1.807) is 24.3 Å². The average Bonchev–Trinajstić information content (AvgIpc) is 1.77. The minimum atomic E-state index is 0. The molecular weight excluding hydrogens is 163 g/mol. The van der Waals surface area contributed by atoms with E-state index in [0.29, 0.717) is 5.02 Å². The molecule has 0 saturated carbocycles. The second-order valence-electron chi connectivity index (χ2n) is 1.48. The molecule has 0 fully saturated rings. The van der Waals surface area contributed by atoms with Crippen LogP contribution in [0.25, 0.3) is 0 Å². The second-order valence-corrected chi connectivity index (χ2v) is 1.91. The smallest absolute Gasteiger partial charge is 1.00 e. The van der Waals surface area contributed by atoms with Crippen molar-refractivity contribution in [3.8, 4) is 5.75 Å². The van der Waals surface area contributed by atoms with Gasteiger partial charge in [0.2, 0.25) is 0 Å². The Morgan fingerprint density at radius 3 is 2.00 bits per heavy atom. The first-order chi connectivity index (χ1) is 3.79. The zero-order valence-corrected chi connectivity index (χ0v) is 9.01. The maximum atomic E-state index is 8.70. The zero-order valence-electron chi connectivity index (χ0n) is 6.13. The largest absolute Gasteiger partial charge is 1.00 e. The van der Waals surface area contributed by atoms with Gasteiger partial charge in [0.1, 0.15) is 5.75 Å².